The second-order valence-electron chi connectivity index (χ2n) is 5.76. The molecule has 1 aromatic heterocycles. The number of benzene rings is 2. The van der Waals surface area contributed by atoms with Gasteiger partial charge in [0.2, 0.25) is 11.8 Å². The van der Waals surface area contributed by atoms with Crippen LogP contribution in [-0.2, 0) is 9.59 Å². The van der Waals surface area contributed by atoms with Crippen LogP contribution in [0.25, 0.3) is 0 Å². The summed E-state index contributed by atoms with van der Waals surface area (Å²) in [5.41, 5.74) is 0.967. The van der Waals surface area contributed by atoms with E-state index in [1.807, 2.05) is 0 Å². The Morgan fingerprint density at radius 3 is 1.58 bits per heavy atom. The van der Waals surface area contributed by atoms with Gasteiger partial charge < -0.3 is 10.6 Å². The molecule has 31 heavy (non-hydrogen) atoms. The largest absolute Gasteiger partial charge is 0.324 e. The van der Waals surface area contributed by atoms with E-state index in [9.17, 15) is 9.59 Å². The average Bonchev–Trinajstić information content (AvgIpc) is 3.17. The molecule has 3 aromatic rings. The molecule has 2 amide bonds. The monoisotopic (exact) mass is 552 g/mol. The molecule has 0 aliphatic heterocycles. The summed E-state index contributed by atoms with van der Waals surface area (Å²) in [6, 6.07) is 9.65. The summed E-state index contributed by atoms with van der Waals surface area (Å²) in [5, 5.41) is 15.2. The second-order valence-corrected chi connectivity index (χ2v) is 10.9. The van der Waals surface area contributed by atoms with Gasteiger partial charge in [0.15, 0.2) is 8.68 Å². The molecule has 0 fully saturated rings. The Balaban J connectivity index is 1.44. The maximum absolute atomic E-state index is 12.1. The van der Waals surface area contributed by atoms with Crippen LogP contribution in [0.2, 0.25) is 20.1 Å². The molecular formula is C18H12Cl4N4O2S3. The first-order chi connectivity index (χ1) is 14.8. The van der Waals surface area contributed by atoms with Crippen molar-refractivity contribution < 1.29 is 9.59 Å². The number of carbonyl (C=O) groups is 2. The van der Waals surface area contributed by atoms with Crippen LogP contribution in [0.3, 0.4) is 0 Å². The molecule has 0 aliphatic rings. The summed E-state index contributed by atoms with van der Waals surface area (Å²) >= 11 is 27.5. The fourth-order valence-electron chi connectivity index (χ4n) is 2.12. The molecule has 13 heteroatoms. The van der Waals surface area contributed by atoms with Crippen molar-refractivity contribution in [2.24, 2.45) is 0 Å². The smallest absolute Gasteiger partial charge is 0.234 e. The molecular weight excluding hydrogens is 542 g/mol. The van der Waals surface area contributed by atoms with Crippen molar-refractivity contribution in [2.45, 2.75) is 8.68 Å². The maximum atomic E-state index is 12.1. The van der Waals surface area contributed by atoms with Crippen molar-refractivity contribution in [1.29, 1.82) is 0 Å². The number of nitrogens with one attached hydrogen (secondary N) is 2. The van der Waals surface area contributed by atoms with E-state index in [4.69, 9.17) is 46.4 Å². The predicted octanol–water partition coefficient (Wildman–Crippen LogP) is 6.61. The number of hydrogen-bond acceptors (Lipinski definition) is 7. The third-order valence-electron chi connectivity index (χ3n) is 3.45. The molecule has 2 aromatic carbocycles. The fraction of sp³-hybridized carbons (Fsp3) is 0.111. The van der Waals surface area contributed by atoms with Crippen molar-refractivity contribution in [2.75, 3.05) is 22.1 Å². The van der Waals surface area contributed by atoms with E-state index in [1.165, 1.54) is 34.9 Å². The van der Waals surface area contributed by atoms with Gasteiger partial charge in [0.25, 0.3) is 0 Å². The van der Waals surface area contributed by atoms with Gasteiger partial charge in [0, 0.05) is 10.0 Å². The molecule has 3 rings (SSSR count). The zero-order chi connectivity index (χ0) is 22.4. The normalized spacial score (nSPS) is 10.7. The van der Waals surface area contributed by atoms with Crippen LogP contribution in [0.15, 0.2) is 45.1 Å². The van der Waals surface area contributed by atoms with Gasteiger partial charge >= 0.3 is 0 Å². The van der Waals surface area contributed by atoms with Gasteiger partial charge in [-0.25, -0.2) is 0 Å². The van der Waals surface area contributed by atoms with E-state index in [0.717, 1.165) is 0 Å². The zero-order valence-electron chi connectivity index (χ0n) is 15.3. The quantitative estimate of drug-likeness (QED) is 0.305. The van der Waals surface area contributed by atoms with Crippen LogP contribution in [-0.4, -0.2) is 33.5 Å². The molecule has 2 N–H and O–H groups in total. The van der Waals surface area contributed by atoms with Gasteiger partial charge in [-0.2, -0.15) is 0 Å². The number of nitrogens with zero attached hydrogens (tertiary/aromatic N) is 2. The molecule has 1 heterocycles. The molecule has 0 saturated carbocycles. The minimum atomic E-state index is -0.238. The maximum Gasteiger partial charge on any atom is 0.234 e. The van der Waals surface area contributed by atoms with Crippen molar-refractivity contribution in [1.82, 2.24) is 10.2 Å². The van der Waals surface area contributed by atoms with Gasteiger partial charge in [0.1, 0.15) is 0 Å². The Bertz CT molecular complexity index is 1030. The lowest BCUT2D eigenvalue weighted by Crippen LogP contribution is -2.14. The van der Waals surface area contributed by atoms with E-state index < -0.39 is 0 Å². The van der Waals surface area contributed by atoms with Crippen LogP contribution >= 0.6 is 81.3 Å². The van der Waals surface area contributed by atoms with Gasteiger partial charge in [-0.05, 0) is 36.4 Å². The SMILES string of the molecule is O=C(CSc1nnc(SCC(=O)Nc2ccc(Cl)cc2Cl)s1)Nc1ccc(Cl)cc1Cl. The van der Waals surface area contributed by atoms with Crippen LogP contribution in [0.5, 0.6) is 0 Å². The molecule has 162 valence electrons. The summed E-state index contributed by atoms with van der Waals surface area (Å²) in [6.07, 6.45) is 0. The van der Waals surface area contributed by atoms with Crippen molar-refractivity contribution in [3.05, 3.63) is 56.5 Å². The van der Waals surface area contributed by atoms with Crippen LogP contribution in [0.1, 0.15) is 0 Å². The second kappa shape index (κ2) is 11.6. The zero-order valence-corrected chi connectivity index (χ0v) is 20.8. The Labute approximate surface area is 210 Å². The summed E-state index contributed by atoms with van der Waals surface area (Å²) in [6.45, 7) is 0. The molecule has 0 bridgehead atoms. The van der Waals surface area contributed by atoms with Gasteiger partial charge in [0.05, 0.1) is 32.9 Å². The molecule has 6 nitrogen and oxygen atoms in total. The number of carbonyl (C=O) groups excluding carboxylic acids is 2. The number of amides is 2. The van der Waals surface area contributed by atoms with Crippen LogP contribution in [0, 0.1) is 0 Å². The first kappa shape index (κ1) is 24.4. The predicted molar refractivity (Wildman–Crippen MR) is 132 cm³/mol. The minimum Gasteiger partial charge on any atom is -0.324 e. The number of thioether (sulfide) groups is 2. The van der Waals surface area contributed by atoms with Crippen molar-refractivity contribution in [3.8, 4) is 0 Å². The lowest BCUT2D eigenvalue weighted by Gasteiger charge is -2.06. The molecule has 0 saturated heterocycles. The summed E-state index contributed by atoms with van der Waals surface area (Å²) in [7, 11) is 0. The summed E-state index contributed by atoms with van der Waals surface area (Å²) in [4.78, 5) is 24.2. The number of anilines is 2. The summed E-state index contributed by atoms with van der Waals surface area (Å²) < 4.78 is 1.22. The highest BCUT2D eigenvalue weighted by Crippen LogP contribution is 2.30. The Kier molecular flexibility index (Phi) is 9.15. The Hall–Kier alpha value is -1.20. The van der Waals surface area contributed by atoms with Crippen LogP contribution < -0.4 is 10.6 Å². The van der Waals surface area contributed by atoms with E-state index in [0.29, 0.717) is 40.1 Å². The number of hydrogen-bond donors (Lipinski definition) is 2. The van der Waals surface area contributed by atoms with Crippen LogP contribution in [0.4, 0.5) is 11.4 Å². The Morgan fingerprint density at radius 2 is 1.19 bits per heavy atom. The number of rotatable bonds is 8. The van der Waals surface area contributed by atoms with E-state index >= 15 is 0 Å². The number of halogens is 4. The Morgan fingerprint density at radius 1 is 0.774 bits per heavy atom. The highest BCUT2D eigenvalue weighted by atomic mass is 35.5. The van der Waals surface area contributed by atoms with Gasteiger partial charge in [-0.3, -0.25) is 9.59 Å². The fourth-order valence-corrected chi connectivity index (χ4v) is 5.65. The van der Waals surface area contributed by atoms with E-state index in [-0.39, 0.29) is 23.3 Å². The average molecular weight is 554 g/mol. The molecule has 0 spiro atoms. The molecule has 0 radical (unpaired) electrons. The molecule has 0 unspecified atom stereocenters. The van der Waals surface area contributed by atoms with Crippen molar-refractivity contribution in [3.63, 3.8) is 0 Å². The third-order valence-corrected chi connectivity index (χ3v) is 7.74. The lowest BCUT2D eigenvalue weighted by molar-refractivity contribution is -0.114. The molecule has 0 aliphatic carbocycles. The van der Waals surface area contributed by atoms with Crippen molar-refractivity contribution >= 4 is 104 Å². The summed E-state index contributed by atoms with van der Waals surface area (Å²) in [5.74, 6) is -0.211. The minimum absolute atomic E-state index is 0.133. The van der Waals surface area contributed by atoms with Gasteiger partial charge in [-0.15, -0.1) is 10.2 Å². The van der Waals surface area contributed by atoms with Gasteiger partial charge in [-0.1, -0.05) is 81.3 Å². The molecule has 0 atom stereocenters. The first-order valence-electron chi connectivity index (χ1n) is 8.39. The van der Waals surface area contributed by atoms with E-state index in [1.54, 1.807) is 36.4 Å². The topological polar surface area (TPSA) is 84.0 Å². The highest BCUT2D eigenvalue weighted by molar-refractivity contribution is 8.03. The first-order valence-corrected chi connectivity index (χ1v) is 12.7. The number of aromatic nitrogens is 2. The highest BCUT2D eigenvalue weighted by Gasteiger charge is 2.13. The lowest BCUT2D eigenvalue weighted by atomic mass is 10.3. The standard InChI is InChI=1S/C18H12Cl4N4O2S3/c19-9-1-3-13(11(21)5-9)23-15(27)7-29-17-25-26-18(31-17)30-8-16(28)24-14-4-2-10(20)6-12(14)22/h1-6H,7-8H2,(H,23,27)(H,24,28). The third kappa shape index (κ3) is 7.71. The van der Waals surface area contributed by atoms with E-state index in [2.05, 4.69) is 20.8 Å².